The predicted octanol–water partition coefficient (Wildman–Crippen LogP) is 4.71. The second-order valence-electron chi connectivity index (χ2n) is 7.73. The van der Waals surface area contributed by atoms with Gasteiger partial charge in [-0.3, -0.25) is 4.90 Å². The summed E-state index contributed by atoms with van der Waals surface area (Å²) >= 11 is 1.39. The Morgan fingerprint density at radius 3 is 2.76 bits per heavy atom. The van der Waals surface area contributed by atoms with Crippen molar-refractivity contribution in [2.24, 2.45) is 0 Å². The predicted molar refractivity (Wildman–Crippen MR) is 125 cm³/mol. The van der Waals surface area contributed by atoms with Crippen LogP contribution in [0.2, 0.25) is 0 Å². The van der Waals surface area contributed by atoms with Gasteiger partial charge in [0.15, 0.2) is 5.13 Å². The molecule has 1 aliphatic rings. The van der Waals surface area contributed by atoms with Gasteiger partial charge in [-0.05, 0) is 42.0 Å². The van der Waals surface area contributed by atoms with Gasteiger partial charge in [-0.2, -0.15) is 0 Å². The van der Waals surface area contributed by atoms with Gasteiger partial charge in [-0.15, -0.1) is 0 Å². The molecule has 4 heterocycles. The molecule has 1 aliphatic heterocycles. The van der Waals surface area contributed by atoms with Crippen molar-refractivity contribution in [3.8, 4) is 0 Å². The fraction of sp³-hybridized carbons (Fsp3) is 0.261. The molecule has 1 N–H and O–H groups in total. The van der Waals surface area contributed by atoms with Crippen molar-refractivity contribution in [3.05, 3.63) is 65.9 Å². The molecule has 1 fully saturated rings. The molecule has 7 nitrogen and oxygen atoms in total. The van der Waals surface area contributed by atoms with Crippen molar-refractivity contribution < 1.29 is 13.5 Å². The standard InChI is InChI=1S/C23H22F2N6OS/c1-30(19-4-2-16(24)13-17(19)25)21-5-3-18-22(29-21)33-23(27-18)28-20-12-15(6-7-26-20)14-31-8-10-32-11-9-31/h2-7,12-13H,8-11,14H2,1H3,(H,26,27,28). The molecule has 10 heteroatoms. The number of aromatic nitrogens is 3. The Morgan fingerprint density at radius 1 is 1.09 bits per heavy atom. The van der Waals surface area contributed by atoms with Crippen LogP contribution in [-0.2, 0) is 11.3 Å². The Labute approximate surface area is 193 Å². The molecule has 0 amide bonds. The summed E-state index contributed by atoms with van der Waals surface area (Å²) in [6, 6.07) is 11.1. The molecule has 170 valence electrons. The zero-order valence-corrected chi connectivity index (χ0v) is 18.8. The zero-order chi connectivity index (χ0) is 22.8. The molecular weight excluding hydrogens is 446 g/mol. The van der Waals surface area contributed by atoms with E-state index in [0.717, 1.165) is 44.4 Å². The second-order valence-corrected chi connectivity index (χ2v) is 8.71. The van der Waals surface area contributed by atoms with E-state index < -0.39 is 11.6 Å². The summed E-state index contributed by atoms with van der Waals surface area (Å²) in [4.78, 5) is 18.3. The van der Waals surface area contributed by atoms with Gasteiger partial charge in [-0.1, -0.05) is 11.3 Å². The number of morpholine rings is 1. The number of hydrogen-bond donors (Lipinski definition) is 1. The summed E-state index contributed by atoms with van der Waals surface area (Å²) in [6.07, 6.45) is 1.79. The van der Waals surface area contributed by atoms with E-state index in [9.17, 15) is 8.78 Å². The van der Waals surface area contributed by atoms with Gasteiger partial charge >= 0.3 is 0 Å². The van der Waals surface area contributed by atoms with Gasteiger partial charge < -0.3 is 15.0 Å². The van der Waals surface area contributed by atoms with Crippen molar-refractivity contribution >= 4 is 44.1 Å². The van der Waals surface area contributed by atoms with E-state index in [2.05, 4.69) is 25.2 Å². The van der Waals surface area contributed by atoms with Crippen LogP contribution in [0.3, 0.4) is 0 Å². The van der Waals surface area contributed by atoms with Crippen LogP contribution in [-0.4, -0.2) is 53.2 Å². The monoisotopic (exact) mass is 468 g/mol. The highest BCUT2D eigenvalue weighted by atomic mass is 32.1. The van der Waals surface area contributed by atoms with Gasteiger partial charge in [0.1, 0.15) is 33.6 Å². The van der Waals surface area contributed by atoms with Gasteiger partial charge in [-0.25, -0.2) is 23.7 Å². The van der Waals surface area contributed by atoms with Crippen LogP contribution < -0.4 is 10.2 Å². The fourth-order valence-electron chi connectivity index (χ4n) is 3.69. The molecule has 0 unspecified atom stereocenters. The number of nitrogens with zero attached hydrogens (tertiary/aromatic N) is 5. The van der Waals surface area contributed by atoms with Gasteiger partial charge in [0.25, 0.3) is 0 Å². The van der Waals surface area contributed by atoms with E-state index in [-0.39, 0.29) is 5.69 Å². The summed E-state index contributed by atoms with van der Waals surface area (Å²) in [6.45, 7) is 4.22. The lowest BCUT2D eigenvalue weighted by Gasteiger charge is -2.26. The number of hydrogen-bond acceptors (Lipinski definition) is 8. The number of ether oxygens (including phenoxy) is 1. The molecule has 5 rings (SSSR count). The first-order valence-electron chi connectivity index (χ1n) is 10.5. The summed E-state index contributed by atoms with van der Waals surface area (Å²) in [5, 5.41) is 3.93. The Morgan fingerprint density at radius 2 is 1.94 bits per heavy atom. The van der Waals surface area contributed by atoms with Crippen LogP contribution in [0, 0.1) is 11.6 Å². The number of benzene rings is 1. The highest BCUT2D eigenvalue weighted by Gasteiger charge is 2.15. The topological polar surface area (TPSA) is 66.4 Å². The Bertz CT molecular complexity index is 1280. The molecule has 0 spiro atoms. The first-order chi connectivity index (χ1) is 16.0. The minimum absolute atomic E-state index is 0.243. The maximum atomic E-state index is 14.2. The van der Waals surface area contributed by atoms with Crippen molar-refractivity contribution in [1.82, 2.24) is 19.9 Å². The molecular formula is C23H22F2N6OS. The normalized spacial score (nSPS) is 14.5. The number of rotatable bonds is 6. The van der Waals surface area contributed by atoms with Gasteiger partial charge in [0, 0.05) is 38.9 Å². The third kappa shape index (κ3) is 4.92. The Kier molecular flexibility index (Phi) is 6.12. The average molecular weight is 469 g/mol. The lowest BCUT2D eigenvalue weighted by molar-refractivity contribution is 0.0342. The van der Waals surface area contributed by atoms with Crippen molar-refractivity contribution in [1.29, 1.82) is 0 Å². The summed E-state index contributed by atoms with van der Waals surface area (Å²) < 4.78 is 32.8. The first-order valence-corrected chi connectivity index (χ1v) is 11.4. The van der Waals surface area contributed by atoms with Gasteiger partial charge in [0.2, 0.25) is 0 Å². The molecule has 0 aliphatic carbocycles. The van der Waals surface area contributed by atoms with E-state index in [1.165, 1.54) is 29.0 Å². The van der Waals surface area contributed by atoms with E-state index in [0.29, 0.717) is 21.6 Å². The number of fused-ring (bicyclic) bond motifs is 1. The zero-order valence-electron chi connectivity index (χ0n) is 18.0. The molecule has 4 aromatic rings. The largest absolute Gasteiger partial charge is 0.379 e. The lowest BCUT2D eigenvalue weighted by Crippen LogP contribution is -2.35. The summed E-state index contributed by atoms with van der Waals surface area (Å²) in [5.74, 6) is -0.0117. The fourth-order valence-corrected chi connectivity index (χ4v) is 4.53. The molecule has 0 atom stereocenters. The van der Waals surface area contributed by atoms with E-state index >= 15 is 0 Å². The van der Waals surface area contributed by atoms with Crippen LogP contribution in [0.4, 0.5) is 31.2 Å². The molecule has 0 bridgehead atoms. The van der Waals surface area contributed by atoms with Crippen molar-refractivity contribution in [2.45, 2.75) is 6.54 Å². The number of nitrogens with one attached hydrogen (secondary N) is 1. The minimum atomic E-state index is -0.644. The van der Waals surface area contributed by atoms with E-state index in [4.69, 9.17) is 4.74 Å². The van der Waals surface area contributed by atoms with Crippen LogP contribution in [0.25, 0.3) is 10.3 Å². The lowest BCUT2D eigenvalue weighted by atomic mass is 10.2. The Hall–Kier alpha value is -3.21. The van der Waals surface area contributed by atoms with Crippen molar-refractivity contribution in [2.75, 3.05) is 43.6 Å². The molecule has 0 saturated carbocycles. The Balaban J connectivity index is 1.33. The van der Waals surface area contributed by atoms with Crippen LogP contribution in [0.1, 0.15) is 5.56 Å². The molecule has 1 saturated heterocycles. The quantitative estimate of drug-likeness (QED) is 0.440. The average Bonchev–Trinajstić information content (AvgIpc) is 3.21. The molecule has 33 heavy (non-hydrogen) atoms. The molecule has 0 radical (unpaired) electrons. The highest BCUT2D eigenvalue weighted by molar-refractivity contribution is 7.21. The third-order valence-electron chi connectivity index (χ3n) is 5.42. The van der Waals surface area contributed by atoms with Gasteiger partial charge in [0.05, 0.1) is 18.9 Å². The second kappa shape index (κ2) is 9.34. The summed E-state index contributed by atoms with van der Waals surface area (Å²) in [5.41, 5.74) is 2.13. The number of halogens is 2. The van der Waals surface area contributed by atoms with Crippen molar-refractivity contribution in [3.63, 3.8) is 0 Å². The minimum Gasteiger partial charge on any atom is -0.379 e. The highest BCUT2D eigenvalue weighted by Crippen LogP contribution is 2.31. The first kappa shape index (κ1) is 21.6. The van der Waals surface area contributed by atoms with Crippen LogP contribution in [0.5, 0.6) is 0 Å². The number of anilines is 4. The number of pyridine rings is 2. The van der Waals surface area contributed by atoms with Crippen LogP contribution in [0.15, 0.2) is 48.7 Å². The van der Waals surface area contributed by atoms with Crippen LogP contribution >= 0.6 is 11.3 Å². The number of thiazole rings is 1. The SMILES string of the molecule is CN(c1ccc2nc(Nc3cc(CN4CCOCC4)ccn3)sc2n1)c1ccc(F)cc1F. The third-order valence-corrected chi connectivity index (χ3v) is 6.31. The summed E-state index contributed by atoms with van der Waals surface area (Å²) in [7, 11) is 1.69. The van der Waals surface area contributed by atoms with E-state index in [1.54, 1.807) is 24.2 Å². The molecule has 3 aromatic heterocycles. The van der Waals surface area contributed by atoms with E-state index in [1.807, 2.05) is 18.2 Å². The molecule has 1 aromatic carbocycles. The maximum absolute atomic E-state index is 14.2. The smallest absolute Gasteiger partial charge is 0.190 e. The maximum Gasteiger partial charge on any atom is 0.190 e.